The van der Waals surface area contributed by atoms with Crippen molar-refractivity contribution in [3.8, 4) is 0 Å². The highest BCUT2D eigenvalue weighted by atomic mass is 32.2. The van der Waals surface area contributed by atoms with Gasteiger partial charge in [-0.15, -0.1) is 0 Å². The minimum Gasteiger partial charge on any atom is -0.317 e. The van der Waals surface area contributed by atoms with Crippen molar-refractivity contribution in [2.45, 2.75) is 33.2 Å². The lowest BCUT2D eigenvalue weighted by atomic mass is 10.4. The molecule has 0 unspecified atom stereocenters. The lowest BCUT2D eigenvalue weighted by molar-refractivity contribution is 0.564. The van der Waals surface area contributed by atoms with Gasteiger partial charge in [-0.2, -0.15) is 0 Å². The predicted molar refractivity (Wildman–Crippen MR) is 55.2 cm³/mol. The topological polar surface area (TPSA) is 58.2 Å². The molecular formula is C8H20N2O2S. The zero-order valence-corrected chi connectivity index (χ0v) is 9.45. The lowest BCUT2D eigenvalue weighted by Gasteiger charge is -2.09. The van der Waals surface area contributed by atoms with Crippen LogP contribution in [0.3, 0.4) is 0 Å². The van der Waals surface area contributed by atoms with Gasteiger partial charge < -0.3 is 5.32 Å². The first-order valence-electron chi connectivity index (χ1n) is 4.68. The van der Waals surface area contributed by atoms with Gasteiger partial charge in [-0.25, -0.2) is 13.1 Å². The molecule has 2 N–H and O–H groups in total. The van der Waals surface area contributed by atoms with Gasteiger partial charge in [-0.1, -0.05) is 6.92 Å². The monoisotopic (exact) mass is 208 g/mol. The van der Waals surface area contributed by atoms with E-state index in [9.17, 15) is 8.42 Å². The summed E-state index contributed by atoms with van der Waals surface area (Å²) < 4.78 is 25.1. The summed E-state index contributed by atoms with van der Waals surface area (Å²) in [5.74, 6) is 0.207. The maximum atomic E-state index is 11.3. The van der Waals surface area contributed by atoms with Gasteiger partial charge in [0.25, 0.3) is 0 Å². The van der Waals surface area contributed by atoms with Crippen molar-refractivity contribution in [3.05, 3.63) is 0 Å². The minimum absolute atomic E-state index is 0.0101. The standard InChI is InChI=1S/C8H20N2O2S/c1-4-9-6-5-7-13(11,12)10-8(2)3/h8-10H,4-7H2,1-3H3. The quantitative estimate of drug-likeness (QED) is 0.592. The zero-order valence-electron chi connectivity index (χ0n) is 8.63. The molecule has 0 aromatic rings. The summed E-state index contributed by atoms with van der Waals surface area (Å²) in [6.45, 7) is 7.29. The molecule has 0 heterocycles. The summed E-state index contributed by atoms with van der Waals surface area (Å²) in [7, 11) is -3.05. The summed E-state index contributed by atoms with van der Waals surface area (Å²) in [5.41, 5.74) is 0. The maximum Gasteiger partial charge on any atom is 0.211 e. The highest BCUT2D eigenvalue weighted by molar-refractivity contribution is 7.89. The Hall–Kier alpha value is -0.130. The van der Waals surface area contributed by atoms with Crippen LogP contribution in [0.15, 0.2) is 0 Å². The van der Waals surface area contributed by atoms with Crippen LogP contribution in [0.2, 0.25) is 0 Å². The van der Waals surface area contributed by atoms with Crippen LogP contribution in [0.5, 0.6) is 0 Å². The molecule has 80 valence electrons. The molecule has 0 spiro atoms. The van der Waals surface area contributed by atoms with E-state index < -0.39 is 10.0 Å². The fourth-order valence-electron chi connectivity index (χ4n) is 0.982. The maximum absolute atomic E-state index is 11.3. The van der Waals surface area contributed by atoms with Gasteiger partial charge >= 0.3 is 0 Å². The molecule has 0 rings (SSSR count). The molecule has 0 aliphatic heterocycles. The molecule has 13 heavy (non-hydrogen) atoms. The van der Waals surface area contributed by atoms with Gasteiger partial charge in [0.2, 0.25) is 10.0 Å². The Balaban J connectivity index is 3.64. The molecule has 5 heteroatoms. The van der Waals surface area contributed by atoms with Gasteiger partial charge in [0, 0.05) is 6.04 Å². The van der Waals surface area contributed by atoms with E-state index in [1.54, 1.807) is 0 Å². The Morgan fingerprint density at radius 3 is 2.38 bits per heavy atom. The van der Waals surface area contributed by atoms with Gasteiger partial charge in [-0.05, 0) is 33.4 Å². The first-order chi connectivity index (χ1) is 5.98. The zero-order chi connectivity index (χ0) is 10.3. The summed E-state index contributed by atoms with van der Waals surface area (Å²) in [6.07, 6.45) is 0.663. The molecule has 0 aromatic heterocycles. The second-order valence-corrected chi connectivity index (χ2v) is 5.17. The van der Waals surface area contributed by atoms with Crippen molar-refractivity contribution in [2.75, 3.05) is 18.8 Å². The van der Waals surface area contributed by atoms with E-state index >= 15 is 0 Å². The van der Waals surface area contributed by atoms with Crippen molar-refractivity contribution in [1.82, 2.24) is 10.0 Å². The second-order valence-electron chi connectivity index (χ2n) is 3.30. The van der Waals surface area contributed by atoms with Crippen LogP contribution in [0.4, 0.5) is 0 Å². The number of nitrogens with one attached hydrogen (secondary N) is 2. The predicted octanol–water partition coefficient (Wildman–Crippen LogP) is 0.314. The van der Waals surface area contributed by atoms with Crippen LogP contribution in [0.1, 0.15) is 27.2 Å². The molecule has 0 aliphatic rings. The highest BCUT2D eigenvalue weighted by Gasteiger charge is 2.10. The molecule has 0 radical (unpaired) electrons. The van der Waals surface area contributed by atoms with Gasteiger partial charge in [0.15, 0.2) is 0 Å². The molecule has 0 fully saturated rings. The van der Waals surface area contributed by atoms with E-state index in [1.807, 2.05) is 20.8 Å². The molecule has 0 bridgehead atoms. The molecule has 0 saturated heterocycles. The van der Waals surface area contributed by atoms with Crippen LogP contribution in [0.25, 0.3) is 0 Å². The summed E-state index contributed by atoms with van der Waals surface area (Å²) in [5, 5.41) is 3.08. The number of hydrogen-bond acceptors (Lipinski definition) is 3. The third-order valence-electron chi connectivity index (χ3n) is 1.43. The average Bonchev–Trinajstić information content (AvgIpc) is 1.95. The van der Waals surface area contributed by atoms with Gasteiger partial charge in [0.1, 0.15) is 0 Å². The van der Waals surface area contributed by atoms with E-state index in [-0.39, 0.29) is 11.8 Å². The second kappa shape index (κ2) is 6.34. The lowest BCUT2D eigenvalue weighted by Crippen LogP contribution is -2.33. The molecule has 0 aromatic carbocycles. The first-order valence-corrected chi connectivity index (χ1v) is 6.34. The van der Waals surface area contributed by atoms with E-state index in [1.165, 1.54) is 0 Å². The largest absolute Gasteiger partial charge is 0.317 e. The normalized spacial score (nSPS) is 12.3. The molecule has 0 aliphatic carbocycles. The molecule has 0 amide bonds. The number of sulfonamides is 1. The summed E-state index contributed by atoms with van der Waals surface area (Å²) in [6, 6.07) is -0.0101. The number of hydrogen-bond donors (Lipinski definition) is 2. The van der Waals surface area contributed by atoms with Crippen molar-refractivity contribution < 1.29 is 8.42 Å². The van der Waals surface area contributed by atoms with Crippen LogP contribution in [-0.4, -0.2) is 33.3 Å². The Labute approximate surface area is 81.2 Å². The van der Waals surface area contributed by atoms with E-state index in [0.29, 0.717) is 6.42 Å². The third kappa shape index (κ3) is 8.21. The summed E-state index contributed by atoms with van der Waals surface area (Å²) >= 11 is 0. The van der Waals surface area contributed by atoms with Crippen molar-refractivity contribution in [3.63, 3.8) is 0 Å². The Morgan fingerprint density at radius 2 is 1.92 bits per heavy atom. The van der Waals surface area contributed by atoms with Crippen molar-refractivity contribution in [1.29, 1.82) is 0 Å². The minimum atomic E-state index is -3.05. The van der Waals surface area contributed by atoms with Crippen molar-refractivity contribution in [2.24, 2.45) is 0 Å². The fraction of sp³-hybridized carbons (Fsp3) is 1.00. The van der Waals surface area contributed by atoms with Crippen LogP contribution in [0, 0.1) is 0 Å². The highest BCUT2D eigenvalue weighted by Crippen LogP contribution is 1.91. The number of rotatable bonds is 7. The smallest absolute Gasteiger partial charge is 0.211 e. The SMILES string of the molecule is CCNCCCS(=O)(=O)NC(C)C. The Morgan fingerprint density at radius 1 is 1.31 bits per heavy atom. The average molecular weight is 208 g/mol. The fourth-order valence-corrected chi connectivity index (χ4v) is 2.34. The van der Waals surface area contributed by atoms with Crippen LogP contribution < -0.4 is 10.0 Å². The molecule has 4 nitrogen and oxygen atoms in total. The van der Waals surface area contributed by atoms with E-state index in [4.69, 9.17) is 0 Å². The molecular weight excluding hydrogens is 188 g/mol. The van der Waals surface area contributed by atoms with Crippen LogP contribution in [-0.2, 0) is 10.0 Å². The van der Waals surface area contributed by atoms with Crippen molar-refractivity contribution >= 4 is 10.0 Å². The Kier molecular flexibility index (Phi) is 6.28. The van der Waals surface area contributed by atoms with Gasteiger partial charge in [0.05, 0.1) is 5.75 Å². The third-order valence-corrected chi connectivity index (χ3v) is 3.09. The Bertz CT molecular complexity index is 212. The molecule has 0 saturated carbocycles. The molecule has 0 atom stereocenters. The van der Waals surface area contributed by atoms with Crippen LogP contribution >= 0.6 is 0 Å². The van der Waals surface area contributed by atoms with E-state index in [2.05, 4.69) is 10.0 Å². The first kappa shape index (κ1) is 12.9. The summed E-state index contributed by atoms with van der Waals surface area (Å²) in [4.78, 5) is 0. The van der Waals surface area contributed by atoms with Gasteiger partial charge in [-0.3, -0.25) is 0 Å². The van der Waals surface area contributed by atoms with E-state index in [0.717, 1.165) is 13.1 Å².